The van der Waals surface area contributed by atoms with Gasteiger partial charge in [-0.05, 0) is 25.0 Å². The second-order valence-electron chi connectivity index (χ2n) is 3.74. The van der Waals surface area contributed by atoms with Crippen LogP contribution in [0.15, 0.2) is 24.3 Å². The molecule has 0 aliphatic heterocycles. The Morgan fingerprint density at radius 3 is 2.50 bits per heavy atom. The summed E-state index contributed by atoms with van der Waals surface area (Å²) in [7, 11) is 2.02. The topological polar surface area (TPSA) is 41.1 Å². The molecule has 3 nitrogen and oxygen atoms in total. The lowest BCUT2D eigenvalue weighted by Gasteiger charge is -2.06. The van der Waals surface area contributed by atoms with E-state index in [0.717, 1.165) is 18.5 Å². The van der Waals surface area contributed by atoms with Crippen molar-refractivity contribution in [2.45, 2.75) is 18.9 Å². The van der Waals surface area contributed by atoms with Gasteiger partial charge in [0.25, 0.3) is 0 Å². The van der Waals surface area contributed by atoms with E-state index >= 15 is 0 Å². The highest BCUT2D eigenvalue weighted by atomic mass is 16.2. The average molecular weight is 188 g/mol. The number of nitrogens with one attached hydrogen (secondary N) is 2. The van der Waals surface area contributed by atoms with Crippen LogP contribution in [0.2, 0.25) is 0 Å². The Hall–Kier alpha value is -1.45. The maximum absolute atomic E-state index is 11.3. The van der Waals surface area contributed by atoms with Crippen LogP contribution in [0.5, 0.6) is 0 Å². The molecule has 1 aromatic carbocycles. The molecule has 0 saturated heterocycles. The molecule has 2 rings (SSSR count). The van der Waals surface area contributed by atoms with Crippen molar-refractivity contribution in [1.82, 2.24) is 5.32 Å². The molecular formula is C10H13BN2O. The van der Waals surface area contributed by atoms with Gasteiger partial charge in [0.05, 0.1) is 0 Å². The SMILES string of the molecule is Bc1ccc(NC(=O)NC2CC2)cc1. The fraction of sp³-hybridized carbons (Fsp3) is 0.300. The molecule has 4 heteroatoms. The molecule has 0 bridgehead atoms. The zero-order valence-corrected chi connectivity index (χ0v) is 8.21. The molecule has 1 aliphatic carbocycles. The fourth-order valence-electron chi connectivity index (χ4n) is 1.22. The zero-order chi connectivity index (χ0) is 9.97. The van der Waals surface area contributed by atoms with Crippen molar-refractivity contribution in [2.24, 2.45) is 0 Å². The van der Waals surface area contributed by atoms with Crippen molar-refractivity contribution in [3.63, 3.8) is 0 Å². The van der Waals surface area contributed by atoms with E-state index in [9.17, 15) is 4.79 Å². The first-order valence-electron chi connectivity index (χ1n) is 4.88. The lowest BCUT2D eigenvalue weighted by Crippen LogP contribution is -2.30. The molecule has 14 heavy (non-hydrogen) atoms. The number of hydrogen-bond acceptors (Lipinski definition) is 1. The number of carbonyl (C=O) groups is 1. The summed E-state index contributed by atoms with van der Waals surface area (Å²) < 4.78 is 0. The molecule has 2 N–H and O–H groups in total. The van der Waals surface area contributed by atoms with Gasteiger partial charge in [0.1, 0.15) is 7.85 Å². The summed E-state index contributed by atoms with van der Waals surface area (Å²) in [5, 5.41) is 5.66. The number of urea groups is 1. The molecular weight excluding hydrogens is 175 g/mol. The van der Waals surface area contributed by atoms with Crippen LogP contribution in [-0.2, 0) is 0 Å². The molecule has 1 aliphatic rings. The molecule has 72 valence electrons. The molecule has 1 fully saturated rings. The normalized spacial score (nSPS) is 14.9. The van der Waals surface area contributed by atoms with Crippen LogP contribution in [-0.4, -0.2) is 19.9 Å². The van der Waals surface area contributed by atoms with Gasteiger partial charge < -0.3 is 10.6 Å². The highest BCUT2D eigenvalue weighted by Crippen LogP contribution is 2.18. The van der Waals surface area contributed by atoms with Crippen LogP contribution in [0.25, 0.3) is 0 Å². The number of amides is 2. The fourth-order valence-corrected chi connectivity index (χ4v) is 1.22. The Bertz CT molecular complexity index is 332. The smallest absolute Gasteiger partial charge is 0.319 e. The number of benzene rings is 1. The monoisotopic (exact) mass is 188 g/mol. The van der Waals surface area contributed by atoms with Gasteiger partial charge >= 0.3 is 6.03 Å². The van der Waals surface area contributed by atoms with Gasteiger partial charge in [0.2, 0.25) is 0 Å². The van der Waals surface area contributed by atoms with Crippen molar-refractivity contribution in [3.05, 3.63) is 24.3 Å². The summed E-state index contributed by atoms with van der Waals surface area (Å²) in [5.74, 6) is 0. The average Bonchev–Trinajstić information content (AvgIpc) is 2.93. The second kappa shape index (κ2) is 3.74. The van der Waals surface area contributed by atoms with Crippen molar-refractivity contribution >= 4 is 25.0 Å². The highest BCUT2D eigenvalue weighted by Gasteiger charge is 2.22. The van der Waals surface area contributed by atoms with Gasteiger partial charge in [0.15, 0.2) is 0 Å². The summed E-state index contributed by atoms with van der Waals surface area (Å²) >= 11 is 0. The summed E-state index contributed by atoms with van der Waals surface area (Å²) in [6.07, 6.45) is 2.22. The molecule has 0 radical (unpaired) electrons. The number of hydrogen-bond donors (Lipinski definition) is 2. The predicted octanol–water partition coefficient (Wildman–Crippen LogP) is 0.229. The zero-order valence-electron chi connectivity index (χ0n) is 8.21. The first-order valence-corrected chi connectivity index (χ1v) is 4.88. The van der Waals surface area contributed by atoms with E-state index in [0.29, 0.717) is 6.04 Å². The van der Waals surface area contributed by atoms with E-state index in [-0.39, 0.29) is 6.03 Å². The number of rotatable bonds is 2. The van der Waals surface area contributed by atoms with Crippen molar-refractivity contribution < 1.29 is 4.79 Å². The third kappa shape index (κ3) is 2.52. The predicted molar refractivity (Wildman–Crippen MR) is 59.8 cm³/mol. The van der Waals surface area contributed by atoms with E-state index in [1.165, 1.54) is 5.46 Å². The van der Waals surface area contributed by atoms with Gasteiger partial charge in [-0.3, -0.25) is 0 Å². The Kier molecular flexibility index (Phi) is 2.44. The molecule has 2 amide bonds. The first-order chi connectivity index (χ1) is 6.74. The lowest BCUT2D eigenvalue weighted by molar-refractivity contribution is 0.251. The molecule has 0 spiro atoms. The Morgan fingerprint density at radius 2 is 1.93 bits per heavy atom. The maximum atomic E-state index is 11.3. The van der Waals surface area contributed by atoms with E-state index in [2.05, 4.69) is 10.6 Å². The quantitative estimate of drug-likeness (QED) is 0.641. The lowest BCUT2D eigenvalue weighted by atomic mass is 9.96. The van der Waals surface area contributed by atoms with Crippen LogP contribution < -0.4 is 16.1 Å². The van der Waals surface area contributed by atoms with E-state index in [1.54, 1.807) is 0 Å². The maximum Gasteiger partial charge on any atom is 0.319 e. The summed E-state index contributed by atoms with van der Waals surface area (Å²) in [4.78, 5) is 11.3. The molecule has 0 aromatic heterocycles. The molecule has 0 atom stereocenters. The Balaban J connectivity index is 1.89. The second-order valence-corrected chi connectivity index (χ2v) is 3.74. The van der Waals surface area contributed by atoms with Gasteiger partial charge in [0, 0.05) is 11.7 Å². The molecule has 0 unspecified atom stereocenters. The minimum Gasteiger partial charge on any atom is -0.335 e. The van der Waals surface area contributed by atoms with Gasteiger partial charge in [-0.1, -0.05) is 17.6 Å². The van der Waals surface area contributed by atoms with Crippen LogP contribution in [0.3, 0.4) is 0 Å². The van der Waals surface area contributed by atoms with Crippen molar-refractivity contribution in [2.75, 3.05) is 5.32 Å². The van der Waals surface area contributed by atoms with Crippen molar-refractivity contribution in [3.8, 4) is 0 Å². The van der Waals surface area contributed by atoms with E-state index in [1.807, 2.05) is 32.1 Å². The van der Waals surface area contributed by atoms with Gasteiger partial charge in [-0.2, -0.15) is 0 Å². The molecule has 0 heterocycles. The molecule has 1 saturated carbocycles. The summed E-state index contributed by atoms with van der Waals surface area (Å²) in [5.41, 5.74) is 2.03. The first kappa shape index (κ1) is 9.12. The molecule has 1 aromatic rings. The van der Waals surface area contributed by atoms with Gasteiger partial charge in [-0.15, -0.1) is 0 Å². The minimum atomic E-state index is -0.101. The summed E-state index contributed by atoms with van der Waals surface area (Å²) in [6, 6.07) is 8.07. The van der Waals surface area contributed by atoms with Crippen molar-refractivity contribution in [1.29, 1.82) is 0 Å². The van der Waals surface area contributed by atoms with Crippen LogP contribution in [0.1, 0.15) is 12.8 Å². The minimum absolute atomic E-state index is 0.101. The third-order valence-corrected chi connectivity index (χ3v) is 2.22. The van der Waals surface area contributed by atoms with Crippen LogP contribution in [0.4, 0.5) is 10.5 Å². The highest BCUT2D eigenvalue weighted by molar-refractivity contribution is 6.32. The van der Waals surface area contributed by atoms with E-state index < -0.39 is 0 Å². The Labute approximate surface area is 84.3 Å². The summed E-state index contributed by atoms with van der Waals surface area (Å²) in [6.45, 7) is 0. The van der Waals surface area contributed by atoms with Crippen LogP contribution in [0, 0.1) is 0 Å². The van der Waals surface area contributed by atoms with E-state index in [4.69, 9.17) is 0 Å². The number of anilines is 1. The van der Waals surface area contributed by atoms with Crippen LogP contribution >= 0.6 is 0 Å². The third-order valence-electron chi connectivity index (χ3n) is 2.22. The Morgan fingerprint density at radius 1 is 1.29 bits per heavy atom. The standard InChI is InChI=1S/C10H13BN2O/c11-7-1-3-8(4-2-7)12-10(14)13-9-5-6-9/h1-4,9H,5-6,11H2,(H2,12,13,14). The number of carbonyl (C=O) groups excluding carboxylic acids is 1. The van der Waals surface area contributed by atoms with Gasteiger partial charge in [-0.25, -0.2) is 4.79 Å². The largest absolute Gasteiger partial charge is 0.335 e.